The molecule has 0 aromatic heterocycles. The molecule has 3 N–H and O–H groups in total. The van der Waals surface area contributed by atoms with Gasteiger partial charge in [-0.1, -0.05) is 44.7 Å². The van der Waals surface area contributed by atoms with Crippen LogP contribution in [-0.2, 0) is 0 Å². The molecule has 1 aromatic rings. The molecule has 2 saturated carbocycles. The van der Waals surface area contributed by atoms with Crippen molar-refractivity contribution in [3.8, 4) is 0 Å². The summed E-state index contributed by atoms with van der Waals surface area (Å²) in [5.74, 6) is 0.773. The van der Waals surface area contributed by atoms with E-state index in [1.165, 1.54) is 44.9 Å². The number of nitrogen functional groups attached to an aromatic ring is 1. The van der Waals surface area contributed by atoms with Crippen molar-refractivity contribution in [3.63, 3.8) is 0 Å². The van der Waals surface area contributed by atoms with Crippen LogP contribution in [0.1, 0.15) is 62.7 Å². The largest absolute Gasteiger partial charge is 0.399 e. The Balaban J connectivity index is 0.00000176. The maximum atomic E-state index is 12.4. The molecule has 2 bridgehead atoms. The van der Waals surface area contributed by atoms with Crippen LogP contribution in [0.4, 0.5) is 5.69 Å². The van der Waals surface area contributed by atoms with Crippen LogP contribution >= 0.6 is 11.6 Å². The van der Waals surface area contributed by atoms with Gasteiger partial charge in [-0.2, -0.15) is 0 Å². The Kier molecular flexibility index (Phi) is 5.38. The highest BCUT2D eigenvalue weighted by molar-refractivity contribution is 6.34. The number of nitrogens with one attached hydrogen (secondary N) is 1. The van der Waals surface area contributed by atoms with E-state index in [1.807, 2.05) is 0 Å². The van der Waals surface area contributed by atoms with E-state index in [4.69, 9.17) is 17.3 Å². The first-order valence-corrected chi connectivity index (χ1v) is 8.29. The molecule has 122 valence electrons. The quantitative estimate of drug-likeness (QED) is 0.796. The minimum Gasteiger partial charge on any atom is -0.399 e. The second kappa shape index (κ2) is 6.91. The fraction of sp³-hybridized carbons (Fsp3) is 0.611. The summed E-state index contributed by atoms with van der Waals surface area (Å²) in [6, 6.07) is 5.05. The molecular formula is C18H27ClN2O. The van der Waals surface area contributed by atoms with Crippen molar-refractivity contribution in [1.82, 2.24) is 5.32 Å². The first kappa shape index (κ1) is 17.1. The number of fused-ring (bicyclic) bond motifs is 2. The Labute approximate surface area is 138 Å². The minimum atomic E-state index is -0.102. The summed E-state index contributed by atoms with van der Waals surface area (Å²) in [4.78, 5) is 12.4. The number of anilines is 1. The average molecular weight is 323 g/mol. The summed E-state index contributed by atoms with van der Waals surface area (Å²) in [6.07, 6.45) is 9.12. The van der Waals surface area contributed by atoms with Crippen LogP contribution in [0.3, 0.4) is 0 Å². The van der Waals surface area contributed by atoms with Crippen molar-refractivity contribution < 1.29 is 4.79 Å². The predicted molar refractivity (Wildman–Crippen MR) is 93.2 cm³/mol. The van der Waals surface area contributed by atoms with Gasteiger partial charge in [-0.05, 0) is 48.8 Å². The van der Waals surface area contributed by atoms with Gasteiger partial charge in [-0.25, -0.2) is 0 Å². The van der Waals surface area contributed by atoms with Gasteiger partial charge in [0, 0.05) is 12.2 Å². The fourth-order valence-corrected chi connectivity index (χ4v) is 4.35. The van der Waals surface area contributed by atoms with Gasteiger partial charge >= 0.3 is 0 Å². The summed E-state index contributed by atoms with van der Waals surface area (Å²) in [5, 5.41) is 3.57. The van der Waals surface area contributed by atoms with E-state index in [9.17, 15) is 4.79 Å². The molecule has 0 atom stereocenters. The van der Waals surface area contributed by atoms with Crippen LogP contribution in [0.15, 0.2) is 18.2 Å². The number of halogens is 1. The lowest BCUT2D eigenvalue weighted by atomic mass is 9.62. The van der Waals surface area contributed by atoms with Crippen molar-refractivity contribution in [2.75, 3.05) is 12.3 Å². The molecule has 0 saturated heterocycles. The number of hydrogen-bond acceptors (Lipinski definition) is 2. The van der Waals surface area contributed by atoms with E-state index in [0.29, 0.717) is 21.7 Å². The fourth-order valence-electron chi connectivity index (χ4n) is 4.15. The summed E-state index contributed by atoms with van der Waals surface area (Å²) in [7, 11) is 0. The number of rotatable bonds is 3. The van der Waals surface area contributed by atoms with E-state index in [2.05, 4.69) is 5.32 Å². The van der Waals surface area contributed by atoms with Crippen molar-refractivity contribution >= 4 is 23.2 Å². The third kappa shape index (κ3) is 3.57. The summed E-state index contributed by atoms with van der Waals surface area (Å²) < 4.78 is 0. The molecule has 22 heavy (non-hydrogen) atoms. The van der Waals surface area contributed by atoms with Gasteiger partial charge < -0.3 is 11.1 Å². The Morgan fingerprint density at radius 2 is 2.00 bits per heavy atom. The van der Waals surface area contributed by atoms with Gasteiger partial charge in [-0.3, -0.25) is 4.79 Å². The molecule has 0 aliphatic heterocycles. The number of benzene rings is 1. The lowest BCUT2D eigenvalue weighted by Gasteiger charge is -2.45. The maximum absolute atomic E-state index is 12.4. The highest BCUT2D eigenvalue weighted by Gasteiger charge is 2.39. The smallest absolute Gasteiger partial charge is 0.252 e. The molecule has 3 rings (SSSR count). The van der Waals surface area contributed by atoms with Gasteiger partial charge in [0.15, 0.2) is 0 Å². The number of carbonyl (C=O) groups is 1. The molecule has 1 amide bonds. The lowest BCUT2D eigenvalue weighted by molar-refractivity contribution is 0.0682. The average Bonchev–Trinajstić information content (AvgIpc) is 2.47. The van der Waals surface area contributed by atoms with Crippen molar-refractivity contribution in [1.29, 1.82) is 0 Å². The number of amides is 1. The monoisotopic (exact) mass is 322 g/mol. The van der Waals surface area contributed by atoms with Crippen LogP contribution in [0, 0.1) is 11.3 Å². The van der Waals surface area contributed by atoms with Crippen LogP contribution in [-0.4, -0.2) is 12.5 Å². The third-order valence-corrected chi connectivity index (χ3v) is 5.55. The molecule has 0 unspecified atom stereocenters. The molecule has 0 radical (unpaired) electrons. The topological polar surface area (TPSA) is 55.1 Å². The van der Waals surface area contributed by atoms with E-state index < -0.39 is 0 Å². The van der Waals surface area contributed by atoms with Gasteiger partial charge in [0.1, 0.15) is 0 Å². The molecule has 0 heterocycles. The van der Waals surface area contributed by atoms with Gasteiger partial charge in [-0.15, -0.1) is 0 Å². The molecule has 2 aliphatic rings. The summed E-state index contributed by atoms with van der Waals surface area (Å²) >= 11 is 6.10. The van der Waals surface area contributed by atoms with E-state index in [0.717, 1.165) is 12.5 Å². The van der Waals surface area contributed by atoms with Crippen molar-refractivity contribution in [2.24, 2.45) is 11.3 Å². The van der Waals surface area contributed by atoms with Crippen molar-refractivity contribution in [2.45, 2.75) is 52.4 Å². The molecule has 4 heteroatoms. The lowest BCUT2D eigenvalue weighted by Crippen LogP contribution is -2.43. The Hall–Kier alpha value is -1.22. The second-order valence-electron chi connectivity index (χ2n) is 6.78. The van der Waals surface area contributed by atoms with Crippen molar-refractivity contribution in [3.05, 3.63) is 28.8 Å². The Bertz CT molecular complexity index is 534. The summed E-state index contributed by atoms with van der Waals surface area (Å²) in [6.45, 7) is 0.771. The van der Waals surface area contributed by atoms with Crippen LogP contribution < -0.4 is 11.1 Å². The van der Waals surface area contributed by atoms with Crippen LogP contribution in [0.5, 0.6) is 0 Å². The van der Waals surface area contributed by atoms with Crippen LogP contribution in [0.2, 0.25) is 5.02 Å². The van der Waals surface area contributed by atoms with E-state index in [-0.39, 0.29) is 13.3 Å². The first-order valence-electron chi connectivity index (χ1n) is 7.91. The normalized spacial score (nSPS) is 26.9. The van der Waals surface area contributed by atoms with Gasteiger partial charge in [0.2, 0.25) is 0 Å². The zero-order chi connectivity index (χ0) is 14.9. The Morgan fingerprint density at radius 1 is 1.32 bits per heavy atom. The maximum Gasteiger partial charge on any atom is 0.252 e. The molecule has 2 fully saturated rings. The number of nitrogens with two attached hydrogens (primary N) is 1. The molecule has 1 aromatic carbocycles. The number of carbonyl (C=O) groups excluding carboxylic acids is 1. The zero-order valence-corrected chi connectivity index (χ0v) is 13.1. The summed E-state index contributed by atoms with van der Waals surface area (Å²) in [5.41, 5.74) is 7.12. The van der Waals surface area contributed by atoms with E-state index in [1.54, 1.807) is 18.2 Å². The highest BCUT2D eigenvalue weighted by atomic mass is 35.5. The minimum absolute atomic E-state index is 0. The third-order valence-electron chi connectivity index (χ3n) is 5.22. The Morgan fingerprint density at radius 3 is 2.68 bits per heavy atom. The molecule has 0 spiro atoms. The second-order valence-corrected chi connectivity index (χ2v) is 7.18. The number of hydrogen-bond donors (Lipinski definition) is 2. The van der Waals surface area contributed by atoms with Crippen LogP contribution in [0.25, 0.3) is 0 Å². The standard InChI is InChI=1S/C17H23ClN2O.CH4/c18-15-6-5-13(19)9-14(15)16(21)20-11-17-7-1-3-12(10-17)4-2-8-17;/h5-6,9,12H,1-4,7-8,10-11,19H2,(H,20,21);1H4. The van der Waals surface area contributed by atoms with E-state index >= 15 is 0 Å². The highest BCUT2D eigenvalue weighted by Crippen LogP contribution is 2.48. The molecule has 3 nitrogen and oxygen atoms in total. The first-order chi connectivity index (χ1) is 10.1. The molecular weight excluding hydrogens is 296 g/mol. The SMILES string of the molecule is C.Nc1ccc(Cl)c(C(=O)NCC23CCCC(CCC2)C3)c1. The molecule has 2 aliphatic carbocycles. The van der Waals surface area contributed by atoms with Gasteiger partial charge in [0.05, 0.1) is 10.6 Å². The van der Waals surface area contributed by atoms with Gasteiger partial charge in [0.25, 0.3) is 5.91 Å². The predicted octanol–water partition coefficient (Wildman–Crippen LogP) is 4.65. The zero-order valence-electron chi connectivity index (χ0n) is 12.3.